The molecule has 156 valence electrons. The topological polar surface area (TPSA) is 81.9 Å². The van der Waals surface area contributed by atoms with Crippen molar-refractivity contribution >= 4 is 11.6 Å². The summed E-state index contributed by atoms with van der Waals surface area (Å²) < 4.78 is 11.5. The molecule has 0 aliphatic rings. The van der Waals surface area contributed by atoms with E-state index in [0.717, 1.165) is 12.8 Å². The molecule has 2 aromatic rings. The van der Waals surface area contributed by atoms with E-state index in [1.54, 1.807) is 42.3 Å². The number of benzene rings is 2. The lowest BCUT2D eigenvalue weighted by Gasteiger charge is -2.25. The number of nitrogens with zero attached hydrogens (tertiary/aromatic N) is 2. The Hall–Kier alpha value is -3.09. The first-order valence-corrected chi connectivity index (χ1v) is 9.80. The zero-order valence-electron chi connectivity index (χ0n) is 17.4. The number of rotatable bonds is 10. The van der Waals surface area contributed by atoms with Gasteiger partial charge in [-0.1, -0.05) is 26.0 Å². The predicted octanol–water partition coefficient (Wildman–Crippen LogP) is 5.01. The molecule has 0 aliphatic heterocycles. The Bertz CT molecular complexity index is 853. The molecule has 29 heavy (non-hydrogen) atoms. The molecule has 0 bridgehead atoms. The highest BCUT2D eigenvalue weighted by molar-refractivity contribution is 5.95. The van der Waals surface area contributed by atoms with Gasteiger partial charge in [-0.15, -0.1) is 0 Å². The van der Waals surface area contributed by atoms with Crippen molar-refractivity contribution in [1.29, 1.82) is 0 Å². The molecule has 0 radical (unpaired) electrons. The van der Waals surface area contributed by atoms with Gasteiger partial charge in [-0.3, -0.25) is 14.9 Å². The summed E-state index contributed by atoms with van der Waals surface area (Å²) in [7, 11) is 1.68. The minimum Gasteiger partial charge on any atom is -0.490 e. The largest absolute Gasteiger partial charge is 0.490 e. The highest BCUT2D eigenvalue weighted by atomic mass is 16.6. The Kier molecular flexibility index (Phi) is 8.00. The van der Waals surface area contributed by atoms with Crippen molar-refractivity contribution in [1.82, 2.24) is 4.90 Å². The van der Waals surface area contributed by atoms with Crippen LogP contribution < -0.4 is 9.47 Å². The van der Waals surface area contributed by atoms with Gasteiger partial charge in [-0.05, 0) is 43.5 Å². The predicted molar refractivity (Wildman–Crippen MR) is 112 cm³/mol. The molecule has 0 aliphatic carbocycles. The number of carbonyl (C=O) groups excluding carboxylic acids is 1. The maximum Gasteiger partial charge on any atom is 0.269 e. The highest BCUT2D eigenvalue weighted by Gasteiger charge is 2.22. The molecule has 0 unspecified atom stereocenters. The number of hydrogen-bond donors (Lipinski definition) is 0. The summed E-state index contributed by atoms with van der Waals surface area (Å²) in [6.45, 7) is 6.97. The molecule has 0 saturated carbocycles. The summed E-state index contributed by atoms with van der Waals surface area (Å²) in [5.41, 5.74) is 1.17. The molecule has 0 spiro atoms. The molecule has 7 nitrogen and oxygen atoms in total. The zero-order chi connectivity index (χ0) is 21.4. The first-order chi connectivity index (χ1) is 13.9. The lowest BCUT2D eigenvalue weighted by molar-refractivity contribution is -0.384. The van der Waals surface area contributed by atoms with E-state index >= 15 is 0 Å². The second kappa shape index (κ2) is 10.5. The average Bonchev–Trinajstić information content (AvgIpc) is 2.74. The number of non-ortho nitro benzene ring substituents is 1. The first kappa shape index (κ1) is 22.2. The van der Waals surface area contributed by atoms with Crippen molar-refractivity contribution in [3.8, 4) is 11.5 Å². The number of nitro benzene ring substituents is 1. The van der Waals surface area contributed by atoms with Crippen molar-refractivity contribution in [2.45, 2.75) is 39.7 Å². The van der Waals surface area contributed by atoms with Gasteiger partial charge in [0.2, 0.25) is 0 Å². The molecule has 0 N–H and O–H groups in total. The third-order valence-electron chi connectivity index (χ3n) is 4.58. The van der Waals surface area contributed by atoms with Crippen molar-refractivity contribution in [2.24, 2.45) is 0 Å². The standard InChI is InChI=1S/C22H28N2O5/c1-5-12-28-20-11-10-18(15-21(20)29-13-6-2)22(25)23(4)16(3)17-8-7-9-19(14-17)24(26)27/h7-11,14-16H,5-6,12-13H2,1-4H3/t16-/m0/s1. The fourth-order valence-electron chi connectivity index (χ4n) is 2.80. The van der Waals surface area contributed by atoms with Gasteiger partial charge in [0.25, 0.3) is 11.6 Å². The van der Waals surface area contributed by atoms with E-state index in [9.17, 15) is 14.9 Å². The Morgan fingerprint density at radius 2 is 1.72 bits per heavy atom. The molecule has 0 heterocycles. The van der Waals surface area contributed by atoms with Crippen molar-refractivity contribution in [3.63, 3.8) is 0 Å². The van der Waals surface area contributed by atoms with E-state index in [1.807, 2.05) is 20.8 Å². The molecular weight excluding hydrogens is 372 g/mol. The highest BCUT2D eigenvalue weighted by Crippen LogP contribution is 2.31. The number of amides is 1. The van der Waals surface area contributed by atoms with Crippen LogP contribution in [0.25, 0.3) is 0 Å². The van der Waals surface area contributed by atoms with E-state index < -0.39 is 4.92 Å². The van der Waals surface area contributed by atoms with Gasteiger partial charge in [-0.25, -0.2) is 0 Å². The summed E-state index contributed by atoms with van der Waals surface area (Å²) in [5, 5.41) is 11.0. The van der Waals surface area contributed by atoms with Gasteiger partial charge in [-0.2, -0.15) is 0 Å². The lowest BCUT2D eigenvalue weighted by Crippen LogP contribution is -2.29. The third kappa shape index (κ3) is 5.70. The van der Waals surface area contributed by atoms with Crippen LogP contribution >= 0.6 is 0 Å². The van der Waals surface area contributed by atoms with Gasteiger partial charge in [0.05, 0.1) is 24.2 Å². The van der Waals surface area contributed by atoms with Crippen LogP contribution in [0.5, 0.6) is 11.5 Å². The van der Waals surface area contributed by atoms with Gasteiger partial charge in [0, 0.05) is 24.7 Å². The summed E-state index contributed by atoms with van der Waals surface area (Å²) in [6, 6.07) is 11.1. The van der Waals surface area contributed by atoms with Gasteiger partial charge in [0.1, 0.15) is 0 Å². The van der Waals surface area contributed by atoms with Crippen LogP contribution in [0.1, 0.15) is 55.6 Å². The fourth-order valence-corrected chi connectivity index (χ4v) is 2.80. The second-order valence-corrected chi connectivity index (χ2v) is 6.80. The molecule has 2 rings (SSSR count). The van der Waals surface area contributed by atoms with Crippen LogP contribution in [0.3, 0.4) is 0 Å². The summed E-state index contributed by atoms with van der Waals surface area (Å²) in [5.74, 6) is 0.959. The molecule has 1 atom stereocenters. The van der Waals surface area contributed by atoms with Crippen LogP contribution in [0.4, 0.5) is 5.69 Å². The first-order valence-electron chi connectivity index (χ1n) is 9.80. The molecular formula is C22H28N2O5. The van der Waals surface area contributed by atoms with E-state index in [2.05, 4.69) is 0 Å². The third-order valence-corrected chi connectivity index (χ3v) is 4.58. The lowest BCUT2D eigenvalue weighted by atomic mass is 10.1. The number of ether oxygens (including phenoxy) is 2. The SMILES string of the molecule is CCCOc1ccc(C(=O)N(C)[C@@H](C)c2cccc([N+](=O)[O-])c2)cc1OCCC. The van der Waals surface area contributed by atoms with Crippen molar-refractivity contribution < 1.29 is 19.2 Å². The minimum absolute atomic E-state index is 0.00266. The fraction of sp³-hybridized carbons (Fsp3) is 0.409. The molecule has 0 saturated heterocycles. The van der Waals surface area contributed by atoms with E-state index in [-0.39, 0.29) is 17.6 Å². The van der Waals surface area contributed by atoms with Crippen LogP contribution in [0.15, 0.2) is 42.5 Å². The van der Waals surface area contributed by atoms with Crippen LogP contribution in [0.2, 0.25) is 0 Å². The summed E-state index contributed by atoms with van der Waals surface area (Å²) in [4.78, 5) is 25.2. The van der Waals surface area contributed by atoms with Crippen LogP contribution in [-0.2, 0) is 0 Å². The molecule has 7 heteroatoms. The normalized spacial score (nSPS) is 11.6. The van der Waals surface area contributed by atoms with Crippen LogP contribution in [-0.4, -0.2) is 36.0 Å². The molecule has 2 aromatic carbocycles. The Labute approximate surface area is 171 Å². The number of carbonyl (C=O) groups is 1. The van der Waals surface area contributed by atoms with Crippen molar-refractivity contribution in [2.75, 3.05) is 20.3 Å². The van der Waals surface area contributed by atoms with Gasteiger partial charge in [0.15, 0.2) is 11.5 Å². The smallest absolute Gasteiger partial charge is 0.269 e. The van der Waals surface area contributed by atoms with Gasteiger partial charge >= 0.3 is 0 Å². The summed E-state index contributed by atoms with van der Waals surface area (Å²) >= 11 is 0. The quantitative estimate of drug-likeness (QED) is 0.414. The second-order valence-electron chi connectivity index (χ2n) is 6.80. The monoisotopic (exact) mass is 400 g/mol. The number of hydrogen-bond acceptors (Lipinski definition) is 5. The minimum atomic E-state index is -0.440. The molecule has 0 fully saturated rings. The molecule has 1 amide bonds. The maximum atomic E-state index is 13.0. The van der Waals surface area contributed by atoms with E-state index in [4.69, 9.17) is 9.47 Å². The Morgan fingerprint density at radius 1 is 1.07 bits per heavy atom. The van der Waals surface area contributed by atoms with E-state index in [0.29, 0.717) is 35.8 Å². The maximum absolute atomic E-state index is 13.0. The zero-order valence-corrected chi connectivity index (χ0v) is 17.4. The van der Waals surface area contributed by atoms with E-state index in [1.165, 1.54) is 12.1 Å². The number of nitro groups is 1. The van der Waals surface area contributed by atoms with Gasteiger partial charge < -0.3 is 14.4 Å². The van der Waals surface area contributed by atoms with Crippen LogP contribution in [0, 0.1) is 10.1 Å². The Balaban J connectivity index is 2.25. The van der Waals surface area contributed by atoms with Crippen molar-refractivity contribution in [3.05, 3.63) is 63.7 Å². The average molecular weight is 400 g/mol. The molecule has 0 aromatic heterocycles. The summed E-state index contributed by atoms with van der Waals surface area (Å²) in [6.07, 6.45) is 1.71. The Morgan fingerprint density at radius 3 is 2.34 bits per heavy atom.